The Bertz CT molecular complexity index is 220. The molecule has 0 radical (unpaired) electrons. The molecule has 1 N–H and O–H groups in total. The summed E-state index contributed by atoms with van der Waals surface area (Å²) in [6, 6.07) is 0.726. The van der Waals surface area contributed by atoms with E-state index in [9.17, 15) is 13.2 Å². The van der Waals surface area contributed by atoms with Crippen LogP contribution in [0.3, 0.4) is 0 Å². The van der Waals surface area contributed by atoms with E-state index in [1.54, 1.807) is 0 Å². The first-order chi connectivity index (χ1) is 8.43. The first-order valence-corrected chi connectivity index (χ1v) is 7.26. The molecule has 0 aromatic heterocycles. The highest BCUT2D eigenvalue weighted by atomic mass is 19.4. The van der Waals surface area contributed by atoms with Crippen LogP contribution in [0.15, 0.2) is 0 Å². The SMILES string of the molecule is CCCCCC(C)NC1CCC(C(F)(F)F)CC1. The number of nitrogens with one attached hydrogen (secondary N) is 1. The fourth-order valence-electron chi connectivity index (χ4n) is 2.77. The molecule has 0 saturated heterocycles. The molecule has 0 heterocycles. The summed E-state index contributed by atoms with van der Waals surface area (Å²) in [5.74, 6) is -1.06. The minimum Gasteiger partial charge on any atom is -0.312 e. The van der Waals surface area contributed by atoms with Crippen LogP contribution in [-0.4, -0.2) is 18.3 Å². The van der Waals surface area contributed by atoms with E-state index in [0.29, 0.717) is 37.8 Å². The number of hydrogen-bond acceptors (Lipinski definition) is 1. The molecule has 18 heavy (non-hydrogen) atoms. The monoisotopic (exact) mass is 265 g/mol. The molecule has 0 bridgehead atoms. The molecular weight excluding hydrogens is 239 g/mol. The summed E-state index contributed by atoms with van der Waals surface area (Å²) in [5, 5.41) is 3.48. The lowest BCUT2D eigenvalue weighted by Gasteiger charge is -2.32. The van der Waals surface area contributed by atoms with Gasteiger partial charge in [0, 0.05) is 12.1 Å². The van der Waals surface area contributed by atoms with Crippen molar-refractivity contribution >= 4 is 0 Å². The number of alkyl halides is 3. The van der Waals surface area contributed by atoms with E-state index in [0.717, 1.165) is 6.42 Å². The Labute approximate surface area is 109 Å². The van der Waals surface area contributed by atoms with Crippen LogP contribution in [-0.2, 0) is 0 Å². The summed E-state index contributed by atoms with van der Waals surface area (Å²) >= 11 is 0. The molecule has 1 aliphatic rings. The zero-order valence-electron chi connectivity index (χ0n) is 11.5. The standard InChI is InChI=1S/C14H26F3N/c1-3-4-5-6-11(2)18-13-9-7-12(8-10-13)14(15,16)17/h11-13,18H,3-10H2,1-2H3. The molecule has 108 valence electrons. The van der Waals surface area contributed by atoms with Gasteiger partial charge in [0.25, 0.3) is 0 Å². The maximum absolute atomic E-state index is 12.5. The normalized spacial score (nSPS) is 27.2. The van der Waals surface area contributed by atoms with Crippen molar-refractivity contribution in [3.8, 4) is 0 Å². The molecule has 1 aliphatic carbocycles. The van der Waals surface area contributed by atoms with E-state index < -0.39 is 12.1 Å². The third-order valence-electron chi connectivity index (χ3n) is 3.95. The van der Waals surface area contributed by atoms with Crippen molar-refractivity contribution in [2.24, 2.45) is 5.92 Å². The van der Waals surface area contributed by atoms with Crippen molar-refractivity contribution in [2.45, 2.75) is 83.5 Å². The van der Waals surface area contributed by atoms with E-state index in [2.05, 4.69) is 19.2 Å². The van der Waals surface area contributed by atoms with Gasteiger partial charge in [-0.2, -0.15) is 13.2 Å². The highest BCUT2D eigenvalue weighted by molar-refractivity contribution is 4.82. The summed E-state index contributed by atoms with van der Waals surface area (Å²) in [6.07, 6.45) is 2.74. The average molecular weight is 265 g/mol. The van der Waals surface area contributed by atoms with Crippen LogP contribution in [0.25, 0.3) is 0 Å². The topological polar surface area (TPSA) is 12.0 Å². The molecule has 1 fully saturated rings. The van der Waals surface area contributed by atoms with Crippen LogP contribution >= 0.6 is 0 Å². The fourth-order valence-corrected chi connectivity index (χ4v) is 2.77. The van der Waals surface area contributed by atoms with Crippen LogP contribution in [0.5, 0.6) is 0 Å². The van der Waals surface area contributed by atoms with Crippen molar-refractivity contribution in [1.82, 2.24) is 5.32 Å². The van der Waals surface area contributed by atoms with Crippen LogP contribution in [0, 0.1) is 5.92 Å². The predicted octanol–water partition coefficient (Wildman–Crippen LogP) is 4.67. The van der Waals surface area contributed by atoms with Gasteiger partial charge in [0.1, 0.15) is 0 Å². The molecule has 0 spiro atoms. The minimum absolute atomic E-state index is 0.292. The zero-order valence-corrected chi connectivity index (χ0v) is 11.5. The Morgan fingerprint density at radius 1 is 1.11 bits per heavy atom. The molecule has 1 rings (SSSR count). The van der Waals surface area contributed by atoms with Gasteiger partial charge >= 0.3 is 6.18 Å². The highest BCUT2D eigenvalue weighted by Gasteiger charge is 2.41. The Morgan fingerprint density at radius 2 is 1.72 bits per heavy atom. The van der Waals surface area contributed by atoms with Gasteiger partial charge in [-0.05, 0) is 39.0 Å². The van der Waals surface area contributed by atoms with E-state index in [1.807, 2.05) is 0 Å². The molecule has 0 aromatic carbocycles. The van der Waals surface area contributed by atoms with Crippen LogP contribution < -0.4 is 5.32 Å². The number of rotatable bonds is 6. The molecule has 1 unspecified atom stereocenters. The van der Waals surface area contributed by atoms with Crippen LogP contribution in [0.2, 0.25) is 0 Å². The molecule has 0 aromatic rings. The Balaban J connectivity index is 2.19. The lowest BCUT2D eigenvalue weighted by atomic mass is 9.85. The molecule has 0 aliphatic heterocycles. The zero-order chi connectivity index (χ0) is 13.6. The maximum atomic E-state index is 12.5. The van der Waals surface area contributed by atoms with E-state index in [4.69, 9.17) is 0 Å². The summed E-state index contributed by atoms with van der Waals surface area (Å²) in [6.45, 7) is 4.32. The van der Waals surface area contributed by atoms with Gasteiger partial charge in [-0.15, -0.1) is 0 Å². The second-order valence-electron chi connectivity index (χ2n) is 5.65. The van der Waals surface area contributed by atoms with Gasteiger partial charge in [0.05, 0.1) is 5.92 Å². The second kappa shape index (κ2) is 7.37. The van der Waals surface area contributed by atoms with Gasteiger partial charge in [0.15, 0.2) is 0 Å². The van der Waals surface area contributed by atoms with Crippen molar-refractivity contribution < 1.29 is 13.2 Å². The van der Waals surface area contributed by atoms with Crippen molar-refractivity contribution in [3.63, 3.8) is 0 Å². The first-order valence-electron chi connectivity index (χ1n) is 7.26. The third kappa shape index (κ3) is 5.59. The Hall–Kier alpha value is -0.250. The number of halogens is 3. The Kier molecular flexibility index (Phi) is 6.47. The smallest absolute Gasteiger partial charge is 0.312 e. The minimum atomic E-state index is -3.99. The molecule has 1 saturated carbocycles. The largest absolute Gasteiger partial charge is 0.391 e. The maximum Gasteiger partial charge on any atom is 0.391 e. The van der Waals surface area contributed by atoms with Gasteiger partial charge in [-0.3, -0.25) is 0 Å². The summed E-state index contributed by atoms with van der Waals surface area (Å²) < 4.78 is 37.5. The van der Waals surface area contributed by atoms with Crippen molar-refractivity contribution in [2.75, 3.05) is 0 Å². The van der Waals surface area contributed by atoms with Crippen LogP contribution in [0.4, 0.5) is 13.2 Å². The molecular formula is C14H26F3N. The van der Waals surface area contributed by atoms with E-state index in [1.165, 1.54) is 19.3 Å². The lowest BCUT2D eigenvalue weighted by molar-refractivity contribution is -0.182. The summed E-state index contributed by atoms with van der Waals surface area (Å²) in [4.78, 5) is 0. The number of unbranched alkanes of at least 4 members (excludes halogenated alkanes) is 2. The molecule has 1 atom stereocenters. The fraction of sp³-hybridized carbons (Fsp3) is 1.00. The van der Waals surface area contributed by atoms with Gasteiger partial charge < -0.3 is 5.32 Å². The van der Waals surface area contributed by atoms with Gasteiger partial charge in [-0.1, -0.05) is 26.2 Å². The van der Waals surface area contributed by atoms with Gasteiger partial charge in [0.2, 0.25) is 0 Å². The predicted molar refractivity (Wildman–Crippen MR) is 68.5 cm³/mol. The first kappa shape index (κ1) is 15.8. The summed E-state index contributed by atoms with van der Waals surface area (Å²) in [7, 11) is 0. The third-order valence-corrected chi connectivity index (χ3v) is 3.95. The molecule has 4 heteroatoms. The highest BCUT2D eigenvalue weighted by Crippen LogP contribution is 2.37. The van der Waals surface area contributed by atoms with Crippen LogP contribution in [0.1, 0.15) is 65.2 Å². The molecule has 0 amide bonds. The second-order valence-corrected chi connectivity index (χ2v) is 5.65. The lowest BCUT2D eigenvalue weighted by Crippen LogP contribution is -2.41. The van der Waals surface area contributed by atoms with E-state index >= 15 is 0 Å². The van der Waals surface area contributed by atoms with Crippen molar-refractivity contribution in [3.05, 3.63) is 0 Å². The van der Waals surface area contributed by atoms with E-state index in [-0.39, 0.29) is 0 Å². The Morgan fingerprint density at radius 3 is 2.22 bits per heavy atom. The number of hydrogen-bond donors (Lipinski definition) is 1. The average Bonchev–Trinajstić information content (AvgIpc) is 2.29. The quantitative estimate of drug-likeness (QED) is 0.688. The summed E-state index contributed by atoms with van der Waals surface area (Å²) in [5.41, 5.74) is 0. The molecule has 1 nitrogen and oxygen atoms in total. The van der Waals surface area contributed by atoms with Crippen molar-refractivity contribution in [1.29, 1.82) is 0 Å². The van der Waals surface area contributed by atoms with Gasteiger partial charge in [-0.25, -0.2) is 0 Å².